The number of aromatic nitrogens is 1. The summed E-state index contributed by atoms with van der Waals surface area (Å²) in [5.74, 6) is 2.39. The molecule has 3 aromatic rings. The summed E-state index contributed by atoms with van der Waals surface area (Å²) in [4.78, 5) is 7.03. The summed E-state index contributed by atoms with van der Waals surface area (Å²) in [6.45, 7) is 8.44. The van der Waals surface area contributed by atoms with Gasteiger partial charge in [-0.15, -0.1) is 0 Å². The van der Waals surface area contributed by atoms with Crippen LogP contribution in [0.3, 0.4) is 0 Å². The summed E-state index contributed by atoms with van der Waals surface area (Å²) in [7, 11) is 2.09. The zero-order valence-electron chi connectivity index (χ0n) is 20.3. The molecule has 0 amide bonds. The highest BCUT2D eigenvalue weighted by molar-refractivity contribution is 5.88. The van der Waals surface area contributed by atoms with Crippen LogP contribution in [0, 0.1) is 5.92 Å². The number of para-hydroxylation sites is 1. The lowest BCUT2D eigenvalue weighted by molar-refractivity contribution is -0.00289. The van der Waals surface area contributed by atoms with Crippen LogP contribution < -0.4 is 9.64 Å². The number of fused-ring (bicyclic) bond motifs is 1. The highest BCUT2D eigenvalue weighted by Gasteiger charge is 2.27. The summed E-state index contributed by atoms with van der Waals surface area (Å²) >= 11 is 0. The first-order valence-electron chi connectivity index (χ1n) is 12.5. The van der Waals surface area contributed by atoms with E-state index in [1.54, 1.807) is 0 Å². The SMILES string of the molecule is C[C@H]1CC[C@H](COc2cccc(CN3CC(O)C3)c2)CN1CCN(C)c1noc2ccccc12. The predicted octanol–water partition coefficient (Wildman–Crippen LogP) is 3.62. The minimum Gasteiger partial charge on any atom is -0.493 e. The molecular formula is C27H36N4O3. The molecule has 0 bridgehead atoms. The van der Waals surface area contributed by atoms with E-state index in [-0.39, 0.29) is 6.10 Å². The molecule has 1 N–H and O–H groups in total. The van der Waals surface area contributed by atoms with Gasteiger partial charge in [0.1, 0.15) is 5.75 Å². The highest BCUT2D eigenvalue weighted by atomic mass is 16.5. The first-order valence-corrected chi connectivity index (χ1v) is 12.5. The normalized spacial score (nSPS) is 22.1. The van der Waals surface area contributed by atoms with Gasteiger partial charge in [-0.2, -0.15) is 0 Å². The van der Waals surface area contributed by atoms with E-state index in [0.717, 1.165) is 68.4 Å². The van der Waals surface area contributed by atoms with Crippen molar-refractivity contribution >= 4 is 16.8 Å². The van der Waals surface area contributed by atoms with Crippen molar-refractivity contribution in [2.75, 3.05) is 51.3 Å². The number of piperidine rings is 1. The van der Waals surface area contributed by atoms with Gasteiger partial charge in [-0.05, 0) is 49.6 Å². The van der Waals surface area contributed by atoms with E-state index >= 15 is 0 Å². The third kappa shape index (κ3) is 5.37. The zero-order chi connectivity index (χ0) is 23.5. The predicted molar refractivity (Wildman–Crippen MR) is 134 cm³/mol. The topological polar surface area (TPSA) is 65.2 Å². The van der Waals surface area contributed by atoms with Crippen LogP contribution in [0.25, 0.3) is 11.0 Å². The van der Waals surface area contributed by atoms with Crippen molar-refractivity contribution in [1.29, 1.82) is 0 Å². The van der Waals surface area contributed by atoms with E-state index in [9.17, 15) is 5.11 Å². The van der Waals surface area contributed by atoms with Crippen LogP contribution in [-0.4, -0.2) is 78.6 Å². The average Bonchev–Trinajstić information content (AvgIpc) is 3.26. The molecule has 2 aliphatic rings. The van der Waals surface area contributed by atoms with E-state index in [1.807, 2.05) is 18.2 Å². The number of likely N-dealkylation sites (tertiary alicyclic amines) is 2. The molecule has 0 radical (unpaired) electrons. The van der Waals surface area contributed by atoms with Crippen LogP contribution in [0.15, 0.2) is 53.1 Å². The molecule has 2 saturated heterocycles. The number of anilines is 1. The molecule has 2 atom stereocenters. The number of aliphatic hydroxyl groups excluding tert-OH is 1. The van der Waals surface area contributed by atoms with Gasteiger partial charge in [-0.3, -0.25) is 9.80 Å². The van der Waals surface area contributed by atoms with E-state index in [0.29, 0.717) is 12.0 Å². The second-order valence-corrected chi connectivity index (χ2v) is 10.0. The Morgan fingerprint density at radius 3 is 2.82 bits per heavy atom. The van der Waals surface area contributed by atoms with E-state index in [2.05, 4.69) is 64.2 Å². The molecule has 1 aromatic heterocycles. The number of rotatable bonds is 9. The fourth-order valence-electron chi connectivity index (χ4n) is 5.12. The minimum absolute atomic E-state index is 0.161. The van der Waals surface area contributed by atoms with Crippen molar-refractivity contribution < 1.29 is 14.4 Å². The zero-order valence-corrected chi connectivity index (χ0v) is 20.3. The summed E-state index contributed by atoms with van der Waals surface area (Å²) in [5, 5.41) is 14.9. The van der Waals surface area contributed by atoms with Crippen molar-refractivity contribution in [1.82, 2.24) is 15.0 Å². The quantitative estimate of drug-likeness (QED) is 0.519. The Bertz CT molecular complexity index is 1080. The largest absolute Gasteiger partial charge is 0.493 e. The molecule has 0 saturated carbocycles. The fraction of sp³-hybridized carbons (Fsp3) is 0.519. The van der Waals surface area contributed by atoms with Crippen LogP contribution >= 0.6 is 0 Å². The molecule has 5 rings (SSSR count). The van der Waals surface area contributed by atoms with Crippen molar-refractivity contribution in [2.45, 2.75) is 38.5 Å². The third-order valence-corrected chi connectivity index (χ3v) is 7.28. The third-order valence-electron chi connectivity index (χ3n) is 7.28. The Balaban J connectivity index is 1.11. The van der Waals surface area contributed by atoms with Crippen LogP contribution in [0.4, 0.5) is 5.82 Å². The molecule has 2 aromatic carbocycles. The number of ether oxygens (including phenoxy) is 1. The molecule has 34 heavy (non-hydrogen) atoms. The molecule has 0 unspecified atom stereocenters. The van der Waals surface area contributed by atoms with Gasteiger partial charge in [0.25, 0.3) is 0 Å². The summed E-state index contributed by atoms with van der Waals surface area (Å²) < 4.78 is 11.7. The van der Waals surface area contributed by atoms with Gasteiger partial charge in [0.2, 0.25) is 0 Å². The summed E-state index contributed by atoms with van der Waals surface area (Å²) in [6, 6.07) is 17.0. The number of β-amino-alcohol motifs (C(OH)–C–C–N with tert-alkyl or cyclic N) is 1. The standard InChI is InChI=1S/C27H36N4O3/c1-20-10-11-22(19-33-24-7-5-6-21(14-24)15-30-17-23(32)18-30)16-31(20)13-12-29(2)27-25-8-3-4-9-26(25)34-28-27/h3-9,14,20,22-23,32H,10-13,15-19H2,1-2H3/t20-,22-/m0/s1. The molecule has 0 spiro atoms. The van der Waals surface area contributed by atoms with Crippen LogP contribution in [0.2, 0.25) is 0 Å². The Kier molecular flexibility index (Phi) is 7.04. The van der Waals surface area contributed by atoms with E-state index < -0.39 is 0 Å². The molecule has 0 aliphatic carbocycles. The number of aliphatic hydroxyl groups is 1. The Morgan fingerprint density at radius 2 is 1.97 bits per heavy atom. The van der Waals surface area contributed by atoms with Gasteiger partial charge in [-0.25, -0.2) is 0 Å². The molecule has 182 valence electrons. The second-order valence-electron chi connectivity index (χ2n) is 10.0. The van der Waals surface area contributed by atoms with Gasteiger partial charge >= 0.3 is 0 Å². The van der Waals surface area contributed by atoms with Crippen LogP contribution in [0.1, 0.15) is 25.3 Å². The smallest absolute Gasteiger partial charge is 0.179 e. The Morgan fingerprint density at radius 1 is 1.12 bits per heavy atom. The number of hydrogen-bond donors (Lipinski definition) is 1. The molecular weight excluding hydrogens is 428 g/mol. The van der Waals surface area contributed by atoms with Crippen LogP contribution in [-0.2, 0) is 6.54 Å². The van der Waals surface area contributed by atoms with Gasteiger partial charge < -0.3 is 19.3 Å². The Hall–Kier alpha value is -2.61. The van der Waals surface area contributed by atoms with Crippen molar-refractivity contribution in [3.05, 3.63) is 54.1 Å². The van der Waals surface area contributed by atoms with E-state index in [1.165, 1.54) is 18.4 Å². The molecule has 2 aliphatic heterocycles. The van der Waals surface area contributed by atoms with Gasteiger partial charge in [-0.1, -0.05) is 29.4 Å². The lowest BCUT2D eigenvalue weighted by Gasteiger charge is -2.38. The van der Waals surface area contributed by atoms with Crippen molar-refractivity contribution in [3.8, 4) is 5.75 Å². The summed E-state index contributed by atoms with van der Waals surface area (Å²) in [6.07, 6.45) is 2.24. The van der Waals surface area contributed by atoms with E-state index in [4.69, 9.17) is 9.26 Å². The van der Waals surface area contributed by atoms with Gasteiger partial charge in [0, 0.05) is 58.3 Å². The summed E-state index contributed by atoms with van der Waals surface area (Å²) in [5.41, 5.74) is 2.08. The maximum Gasteiger partial charge on any atom is 0.179 e. The first-order chi connectivity index (χ1) is 16.5. The van der Waals surface area contributed by atoms with Gasteiger partial charge in [0.15, 0.2) is 11.4 Å². The fourth-order valence-corrected chi connectivity index (χ4v) is 5.12. The molecule has 7 heteroatoms. The van der Waals surface area contributed by atoms with Crippen molar-refractivity contribution in [3.63, 3.8) is 0 Å². The lowest BCUT2D eigenvalue weighted by atomic mass is 9.94. The Labute approximate surface area is 201 Å². The number of benzene rings is 2. The first kappa shape index (κ1) is 23.1. The van der Waals surface area contributed by atoms with Gasteiger partial charge in [0.05, 0.1) is 18.1 Å². The van der Waals surface area contributed by atoms with Crippen molar-refractivity contribution in [2.24, 2.45) is 5.92 Å². The maximum atomic E-state index is 9.50. The second kappa shape index (κ2) is 10.3. The number of nitrogens with zero attached hydrogens (tertiary/aromatic N) is 4. The molecule has 7 nitrogen and oxygen atoms in total. The average molecular weight is 465 g/mol. The monoisotopic (exact) mass is 464 g/mol. The lowest BCUT2D eigenvalue weighted by Crippen LogP contribution is -2.49. The molecule has 2 fully saturated rings. The maximum absolute atomic E-state index is 9.50. The molecule has 3 heterocycles. The number of likely N-dealkylation sites (N-methyl/N-ethyl adjacent to an activating group) is 1. The minimum atomic E-state index is -0.161. The number of hydrogen-bond acceptors (Lipinski definition) is 7. The van der Waals surface area contributed by atoms with Crippen LogP contribution in [0.5, 0.6) is 5.75 Å². The highest BCUT2D eigenvalue weighted by Crippen LogP contribution is 2.26.